The number of carbonyl (C=O) groups excluding carboxylic acids is 3. The van der Waals surface area contributed by atoms with Gasteiger partial charge >= 0.3 is 5.97 Å². The van der Waals surface area contributed by atoms with E-state index in [1.54, 1.807) is 30.3 Å². The zero-order chi connectivity index (χ0) is 17.3. The van der Waals surface area contributed by atoms with Crippen molar-refractivity contribution in [3.05, 3.63) is 65.0 Å². The molecule has 0 bridgehead atoms. The highest BCUT2D eigenvalue weighted by Crippen LogP contribution is 2.30. The molecule has 5 nitrogen and oxygen atoms in total. The zero-order valence-electron chi connectivity index (χ0n) is 12.7. The summed E-state index contributed by atoms with van der Waals surface area (Å²) in [7, 11) is 1.06. The predicted octanol–water partition coefficient (Wildman–Crippen LogP) is 2.10. The lowest BCUT2D eigenvalue weighted by Crippen LogP contribution is -2.36. The number of ketones is 2. The number of hydrogen-bond acceptors (Lipinski definition) is 5. The maximum absolute atomic E-state index is 12.9. The van der Waals surface area contributed by atoms with Gasteiger partial charge in [0.05, 0.1) is 12.7 Å². The van der Waals surface area contributed by atoms with Crippen LogP contribution in [0.3, 0.4) is 0 Å². The van der Waals surface area contributed by atoms with Crippen molar-refractivity contribution >= 4 is 17.5 Å². The standard InChI is InChI=1S/C18H13FO5/c1-23-18(22)16(21)17-15(20)13-9-11(4-7-14(13)24-17)8-10-2-5-12(19)6-3-10/h2-7,9,17H,8H2,1H3. The summed E-state index contributed by atoms with van der Waals surface area (Å²) >= 11 is 0. The molecule has 0 saturated heterocycles. The Balaban J connectivity index is 1.82. The minimum Gasteiger partial charge on any atom is -0.473 e. The van der Waals surface area contributed by atoms with Gasteiger partial charge in [0.15, 0.2) is 0 Å². The summed E-state index contributed by atoms with van der Waals surface area (Å²) in [4.78, 5) is 35.4. The van der Waals surface area contributed by atoms with E-state index in [-0.39, 0.29) is 17.1 Å². The van der Waals surface area contributed by atoms with E-state index in [1.165, 1.54) is 12.1 Å². The minimum atomic E-state index is -1.49. The van der Waals surface area contributed by atoms with E-state index in [0.29, 0.717) is 6.42 Å². The van der Waals surface area contributed by atoms with Gasteiger partial charge in [0.2, 0.25) is 11.9 Å². The average Bonchev–Trinajstić information content (AvgIpc) is 2.92. The first kappa shape index (κ1) is 15.9. The fourth-order valence-corrected chi connectivity index (χ4v) is 2.52. The number of fused-ring (bicyclic) bond motifs is 1. The number of rotatable bonds is 4. The molecular weight excluding hydrogens is 315 g/mol. The van der Waals surface area contributed by atoms with Gasteiger partial charge in [-0.15, -0.1) is 0 Å². The Hall–Kier alpha value is -3.02. The summed E-state index contributed by atoms with van der Waals surface area (Å²) < 4.78 is 22.5. The number of carbonyl (C=O) groups is 3. The molecule has 1 heterocycles. The summed E-state index contributed by atoms with van der Waals surface area (Å²) in [5, 5.41) is 0. The van der Waals surface area contributed by atoms with E-state index in [9.17, 15) is 18.8 Å². The maximum atomic E-state index is 12.9. The Kier molecular flexibility index (Phi) is 4.12. The van der Waals surface area contributed by atoms with Crippen molar-refractivity contribution in [2.24, 2.45) is 0 Å². The summed E-state index contributed by atoms with van der Waals surface area (Å²) in [6, 6.07) is 11.0. The number of methoxy groups -OCH3 is 1. The monoisotopic (exact) mass is 328 g/mol. The molecule has 2 aromatic carbocycles. The molecule has 6 heteroatoms. The lowest BCUT2D eigenvalue weighted by molar-refractivity contribution is -0.153. The zero-order valence-corrected chi connectivity index (χ0v) is 12.7. The molecule has 122 valence electrons. The molecule has 0 N–H and O–H groups in total. The SMILES string of the molecule is COC(=O)C(=O)C1Oc2ccc(Cc3ccc(F)cc3)cc2C1=O. The van der Waals surface area contributed by atoms with E-state index < -0.39 is 23.6 Å². The van der Waals surface area contributed by atoms with Gasteiger partial charge in [0, 0.05) is 0 Å². The quantitative estimate of drug-likeness (QED) is 0.488. The minimum absolute atomic E-state index is 0.247. The highest BCUT2D eigenvalue weighted by molar-refractivity contribution is 6.41. The first-order valence-corrected chi connectivity index (χ1v) is 7.20. The van der Waals surface area contributed by atoms with Gasteiger partial charge in [-0.1, -0.05) is 18.2 Å². The second-order valence-electron chi connectivity index (χ2n) is 5.35. The fourth-order valence-electron chi connectivity index (χ4n) is 2.52. The van der Waals surface area contributed by atoms with Crippen molar-refractivity contribution in [3.8, 4) is 5.75 Å². The predicted molar refractivity (Wildman–Crippen MR) is 81.4 cm³/mol. The Morgan fingerprint density at radius 3 is 2.46 bits per heavy atom. The van der Waals surface area contributed by atoms with Crippen LogP contribution in [-0.4, -0.2) is 30.7 Å². The normalized spacial score (nSPS) is 15.6. The molecule has 0 fully saturated rings. The van der Waals surface area contributed by atoms with Crippen LogP contribution in [-0.2, 0) is 20.7 Å². The van der Waals surface area contributed by atoms with Gasteiger partial charge in [-0.25, -0.2) is 9.18 Å². The van der Waals surface area contributed by atoms with Gasteiger partial charge < -0.3 is 9.47 Å². The molecule has 1 aliphatic heterocycles. The first-order valence-electron chi connectivity index (χ1n) is 7.20. The van der Waals surface area contributed by atoms with Crippen LogP contribution in [0.4, 0.5) is 4.39 Å². The van der Waals surface area contributed by atoms with E-state index in [4.69, 9.17) is 4.74 Å². The maximum Gasteiger partial charge on any atom is 0.378 e. The van der Waals surface area contributed by atoms with E-state index in [1.807, 2.05) is 0 Å². The van der Waals surface area contributed by atoms with E-state index in [2.05, 4.69) is 4.74 Å². The van der Waals surface area contributed by atoms with Crippen molar-refractivity contribution in [1.82, 2.24) is 0 Å². The molecule has 0 spiro atoms. The summed E-state index contributed by atoms with van der Waals surface area (Å²) in [6.07, 6.45) is -0.996. The van der Waals surface area contributed by atoms with Gasteiger partial charge in [0.1, 0.15) is 11.6 Å². The highest BCUT2D eigenvalue weighted by atomic mass is 19.1. The molecule has 24 heavy (non-hydrogen) atoms. The van der Waals surface area contributed by atoms with Gasteiger partial charge in [-0.2, -0.15) is 0 Å². The Morgan fingerprint density at radius 2 is 1.79 bits per heavy atom. The van der Waals surface area contributed by atoms with Crippen LogP contribution in [0, 0.1) is 5.82 Å². The molecule has 1 unspecified atom stereocenters. The van der Waals surface area contributed by atoms with Gasteiger partial charge in [-0.05, 0) is 41.8 Å². The van der Waals surface area contributed by atoms with Crippen molar-refractivity contribution in [1.29, 1.82) is 0 Å². The Morgan fingerprint density at radius 1 is 1.12 bits per heavy atom. The summed E-state index contributed by atoms with van der Waals surface area (Å²) in [5.41, 5.74) is 1.94. The first-order chi connectivity index (χ1) is 11.5. The topological polar surface area (TPSA) is 69.7 Å². The Bertz CT molecular complexity index is 826. The molecule has 0 saturated carbocycles. The van der Waals surface area contributed by atoms with Crippen molar-refractivity contribution < 1.29 is 28.2 Å². The molecule has 2 aromatic rings. The van der Waals surface area contributed by atoms with E-state index >= 15 is 0 Å². The molecule has 1 atom stereocenters. The number of benzene rings is 2. The molecule has 0 aliphatic carbocycles. The van der Waals surface area contributed by atoms with Gasteiger partial charge in [0.25, 0.3) is 5.78 Å². The van der Waals surface area contributed by atoms with Gasteiger partial charge in [-0.3, -0.25) is 9.59 Å². The van der Waals surface area contributed by atoms with Crippen LogP contribution in [0.5, 0.6) is 5.75 Å². The molecule has 0 aromatic heterocycles. The molecule has 0 amide bonds. The smallest absolute Gasteiger partial charge is 0.378 e. The third-order valence-corrected chi connectivity index (χ3v) is 3.74. The lowest BCUT2D eigenvalue weighted by atomic mass is 9.99. The largest absolute Gasteiger partial charge is 0.473 e. The number of esters is 1. The third-order valence-electron chi connectivity index (χ3n) is 3.74. The van der Waals surface area contributed by atoms with Crippen LogP contribution >= 0.6 is 0 Å². The molecule has 3 rings (SSSR count). The van der Waals surface area contributed by atoms with Crippen LogP contribution in [0.15, 0.2) is 42.5 Å². The van der Waals surface area contributed by atoms with Crippen molar-refractivity contribution in [2.45, 2.75) is 12.5 Å². The lowest BCUT2D eigenvalue weighted by Gasteiger charge is -2.06. The Labute approximate surface area is 137 Å². The fraction of sp³-hybridized carbons (Fsp3) is 0.167. The number of hydrogen-bond donors (Lipinski definition) is 0. The molecule has 0 radical (unpaired) electrons. The second kappa shape index (κ2) is 6.23. The molecule has 1 aliphatic rings. The van der Waals surface area contributed by atoms with Crippen LogP contribution in [0.25, 0.3) is 0 Å². The van der Waals surface area contributed by atoms with Crippen LogP contribution in [0.1, 0.15) is 21.5 Å². The second-order valence-corrected chi connectivity index (χ2v) is 5.35. The molecular formula is C18H13FO5. The summed E-state index contributed by atoms with van der Waals surface area (Å²) in [6.45, 7) is 0. The van der Waals surface area contributed by atoms with E-state index in [0.717, 1.165) is 18.2 Å². The number of halogens is 1. The van der Waals surface area contributed by atoms with Crippen molar-refractivity contribution in [3.63, 3.8) is 0 Å². The average molecular weight is 328 g/mol. The summed E-state index contributed by atoms with van der Waals surface area (Å²) in [5.74, 6) is -2.78. The van der Waals surface area contributed by atoms with Crippen LogP contribution < -0.4 is 4.74 Å². The third kappa shape index (κ3) is 2.90. The van der Waals surface area contributed by atoms with Crippen molar-refractivity contribution in [2.75, 3.05) is 7.11 Å². The number of Topliss-reactive ketones (excluding diaryl/α,β-unsaturated/α-hetero) is 2. The van der Waals surface area contributed by atoms with Crippen LogP contribution in [0.2, 0.25) is 0 Å². The highest BCUT2D eigenvalue weighted by Gasteiger charge is 2.41. The number of ether oxygens (including phenoxy) is 2.